The molecule has 60 valence electrons. The fourth-order valence-corrected chi connectivity index (χ4v) is 0.215. The first-order valence-electron chi connectivity index (χ1n) is 2.01. The SMILES string of the molecule is O.O=[P+](O)O.[H-].[Na+].c1c[nH]cn1. The molecule has 0 saturated carbocycles. The van der Waals surface area contributed by atoms with Gasteiger partial charge in [0.15, 0.2) is 0 Å². The Balaban J connectivity index is -0.0000000436. The summed E-state index contributed by atoms with van der Waals surface area (Å²) in [4.78, 5) is 20.7. The Morgan fingerprint density at radius 3 is 2.09 bits per heavy atom. The number of nitrogens with one attached hydrogen (secondary N) is 1. The molecule has 1 aromatic rings. The van der Waals surface area contributed by atoms with Gasteiger partial charge in [0, 0.05) is 17.0 Å². The van der Waals surface area contributed by atoms with E-state index in [1.165, 1.54) is 0 Å². The number of aromatic nitrogens is 2. The third-order valence-electron chi connectivity index (χ3n) is 0.406. The number of H-pyrrole nitrogens is 1. The van der Waals surface area contributed by atoms with E-state index in [9.17, 15) is 0 Å². The van der Waals surface area contributed by atoms with E-state index >= 15 is 0 Å². The summed E-state index contributed by atoms with van der Waals surface area (Å²) in [6.07, 6.45) is 5.08. The average molecular weight is 191 g/mol. The van der Waals surface area contributed by atoms with Crippen LogP contribution in [0.5, 0.6) is 0 Å². The Morgan fingerprint density at radius 1 is 1.55 bits per heavy atom. The molecule has 0 aliphatic rings. The zero-order valence-electron chi connectivity index (χ0n) is 6.93. The second-order valence-electron chi connectivity index (χ2n) is 1.01. The minimum absolute atomic E-state index is 0. The summed E-state index contributed by atoms with van der Waals surface area (Å²) in [6, 6.07) is 0. The molecular formula is C3H9N2NaO4P+. The number of rotatable bonds is 0. The Morgan fingerprint density at radius 2 is 2.00 bits per heavy atom. The van der Waals surface area contributed by atoms with Crippen LogP contribution in [0.2, 0.25) is 0 Å². The minimum atomic E-state index is -2.87. The van der Waals surface area contributed by atoms with E-state index in [0.29, 0.717) is 0 Å². The Labute approximate surface area is 87.7 Å². The summed E-state index contributed by atoms with van der Waals surface area (Å²) in [5, 5.41) is 0. The van der Waals surface area contributed by atoms with Gasteiger partial charge in [-0.1, -0.05) is 0 Å². The van der Waals surface area contributed by atoms with Crippen molar-refractivity contribution in [3.05, 3.63) is 18.7 Å². The molecular weight excluding hydrogens is 182 g/mol. The van der Waals surface area contributed by atoms with Crippen LogP contribution in [0.25, 0.3) is 0 Å². The molecule has 0 fully saturated rings. The van der Waals surface area contributed by atoms with Crippen molar-refractivity contribution in [3.63, 3.8) is 0 Å². The van der Waals surface area contributed by atoms with Crippen molar-refractivity contribution >= 4 is 8.25 Å². The van der Waals surface area contributed by atoms with Crippen molar-refractivity contribution in [1.29, 1.82) is 0 Å². The van der Waals surface area contributed by atoms with E-state index in [0.717, 1.165) is 0 Å². The van der Waals surface area contributed by atoms with Crippen LogP contribution in [0.3, 0.4) is 0 Å². The minimum Gasteiger partial charge on any atom is -1.00 e. The fourth-order valence-electron chi connectivity index (χ4n) is 0.215. The van der Waals surface area contributed by atoms with Crippen molar-refractivity contribution < 1.29 is 50.8 Å². The second kappa shape index (κ2) is 12.8. The van der Waals surface area contributed by atoms with Gasteiger partial charge in [-0.3, -0.25) is 0 Å². The predicted octanol–water partition coefficient (Wildman–Crippen LogP) is -3.67. The summed E-state index contributed by atoms with van der Waals surface area (Å²) in [6.45, 7) is 0. The van der Waals surface area contributed by atoms with Gasteiger partial charge in [0.1, 0.15) is 0 Å². The Hall–Kier alpha value is 0.190. The maximum Gasteiger partial charge on any atom is 1.00 e. The summed E-state index contributed by atoms with van der Waals surface area (Å²) >= 11 is 0. The van der Waals surface area contributed by atoms with Gasteiger partial charge in [-0.25, -0.2) is 4.98 Å². The molecule has 0 atom stereocenters. The van der Waals surface area contributed by atoms with Gasteiger partial charge < -0.3 is 11.9 Å². The molecule has 1 heterocycles. The molecule has 0 aliphatic carbocycles. The van der Waals surface area contributed by atoms with Crippen LogP contribution < -0.4 is 29.6 Å². The average Bonchev–Trinajstić information content (AvgIpc) is 2.11. The van der Waals surface area contributed by atoms with E-state index in [1.807, 2.05) is 0 Å². The van der Waals surface area contributed by atoms with E-state index < -0.39 is 8.25 Å². The van der Waals surface area contributed by atoms with Crippen molar-refractivity contribution in [2.45, 2.75) is 0 Å². The third-order valence-corrected chi connectivity index (χ3v) is 0.406. The number of aromatic amines is 1. The van der Waals surface area contributed by atoms with Crippen LogP contribution in [0, 0.1) is 0 Å². The molecule has 0 aliphatic heterocycles. The van der Waals surface area contributed by atoms with Crippen molar-refractivity contribution in [3.8, 4) is 0 Å². The molecule has 1 aromatic heterocycles. The quantitative estimate of drug-likeness (QED) is 0.289. The first-order chi connectivity index (χ1) is 4.23. The van der Waals surface area contributed by atoms with Crippen molar-refractivity contribution in [1.82, 2.24) is 9.97 Å². The van der Waals surface area contributed by atoms with E-state index in [2.05, 4.69) is 9.97 Å². The summed E-state index contributed by atoms with van der Waals surface area (Å²) in [5.41, 5.74) is 0. The normalized spacial score (nSPS) is 6.00. The van der Waals surface area contributed by atoms with Gasteiger partial charge >= 0.3 is 37.8 Å². The van der Waals surface area contributed by atoms with Gasteiger partial charge in [-0.2, -0.15) is 0 Å². The number of nitrogens with zero attached hydrogens (tertiary/aromatic N) is 1. The maximum absolute atomic E-state index is 8.70. The molecule has 0 amide bonds. The zero-order chi connectivity index (χ0) is 7.11. The molecule has 0 radical (unpaired) electrons. The van der Waals surface area contributed by atoms with Gasteiger partial charge in [0.25, 0.3) is 0 Å². The first-order valence-corrected chi connectivity index (χ1v) is 3.17. The van der Waals surface area contributed by atoms with Crippen LogP contribution in [0.1, 0.15) is 1.43 Å². The van der Waals surface area contributed by atoms with Crippen LogP contribution in [-0.2, 0) is 4.57 Å². The smallest absolute Gasteiger partial charge is 1.00 e. The number of hydrogen-bond acceptors (Lipinski definition) is 2. The molecule has 5 N–H and O–H groups in total. The second-order valence-corrected chi connectivity index (χ2v) is 1.52. The Kier molecular flexibility index (Phi) is 20.2. The summed E-state index contributed by atoms with van der Waals surface area (Å²) in [7, 11) is -2.87. The van der Waals surface area contributed by atoms with Crippen LogP contribution in [0.15, 0.2) is 18.7 Å². The first kappa shape index (κ1) is 17.3. The monoisotopic (exact) mass is 191 g/mol. The molecule has 1 rings (SSSR count). The van der Waals surface area contributed by atoms with E-state index in [1.54, 1.807) is 18.7 Å². The molecule has 11 heavy (non-hydrogen) atoms. The molecule has 0 spiro atoms. The van der Waals surface area contributed by atoms with Gasteiger partial charge in [0.05, 0.1) is 6.33 Å². The van der Waals surface area contributed by atoms with E-state index in [-0.39, 0.29) is 36.5 Å². The molecule has 6 nitrogen and oxygen atoms in total. The number of hydrogen-bond donors (Lipinski definition) is 3. The molecule has 0 unspecified atom stereocenters. The molecule has 8 heteroatoms. The molecule has 0 bridgehead atoms. The van der Waals surface area contributed by atoms with Gasteiger partial charge in [-0.15, -0.1) is 9.79 Å². The summed E-state index contributed by atoms with van der Waals surface area (Å²) in [5.74, 6) is 0. The van der Waals surface area contributed by atoms with Crippen LogP contribution >= 0.6 is 8.25 Å². The topological polar surface area (TPSA) is 118 Å². The Bertz CT molecular complexity index is 142. The standard InChI is InChI=1S/C3H4N2.Na.HO3P.H2O.H/c1-2-5-3-4-1;;1-4(2)3;;/h1-3H,(H,4,5);;(H-,1,2,3);1H2;/q;+1;;;-1/p+1. The molecule has 0 aromatic carbocycles. The predicted molar refractivity (Wildman–Crippen MR) is 35.4 cm³/mol. The van der Waals surface area contributed by atoms with Crippen molar-refractivity contribution in [2.75, 3.05) is 0 Å². The van der Waals surface area contributed by atoms with Gasteiger partial charge in [0.2, 0.25) is 0 Å². The van der Waals surface area contributed by atoms with Crippen LogP contribution in [-0.4, -0.2) is 25.2 Å². The maximum atomic E-state index is 8.70. The fraction of sp³-hybridized carbons (Fsp3) is 0. The molecule has 0 saturated heterocycles. The van der Waals surface area contributed by atoms with Gasteiger partial charge in [-0.05, 0) is 0 Å². The third kappa shape index (κ3) is 25.4. The largest absolute Gasteiger partial charge is 1.00 e. The van der Waals surface area contributed by atoms with Crippen molar-refractivity contribution in [2.24, 2.45) is 0 Å². The van der Waals surface area contributed by atoms with E-state index in [4.69, 9.17) is 14.4 Å². The van der Waals surface area contributed by atoms with Crippen LogP contribution in [0.4, 0.5) is 0 Å². The summed E-state index contributed by atoms with van der Waals surface area (Å²) < 4.78 is 8.70. The number of imidazole rings is 1. The zero-order valence-corrected chi connectivity index (χ0v) is 8.82.